The zero-order valence-electron chi connectivity index (χ0n) is 9.51. The zero-order chi connectivity index (χ0) is 12.4. The molecule has 17 heavy (non-hydrogen) atoms. The van der Waals surface area contributed by atoms with Crippen molar-refractivity contribution in [2.75, 3.05) is 18.5 Å². The Hall–Kier alpha value is -1.61. The second kappa shape index (κ2) is 4.72. The van der Waals surface area contributed by atoms with Crippen LogP contribution in [0.1, 0.15) is 29.3 Å². The average molecular weight is 251 g/mol. The first kappa shape index (κ1) is 11.9. The van der Waals surface area contributed by atoms with Gasteiger partial charge in [0.2, 0.25) is 0 Å². The number of carboxylic acid groups (broad SMARTS) is 1. The van der Waals surface area contributed by atoms with Gasteiger partial charge in [-0.2, -0.15) is 5.26 Å². The average Bonchev–Trinajstić information content (AvgIpc) is 2.83. The first-order valence-corrected chi connectivity index (χ1v) is 6.25. The molecule has 0 saturated heterocycles. The van der Waals surface area contributed by atoms with E-state index in [0.717, 1.165) is 22.1 Å². The van der Waals surface area contributed by atoms with E-state index in [2.05, 4.69) is 11.1 Å². The first-order valence-electron chi connectivity index (χ1n) is 5.44. The summed E-state index contributed by atoms with van der Waals surface area (Å²) in [6.45, 7) is 0.626. The number of aryl methyl sites for hydroxylation is 1. The fourth-order valence-corrected chi connectivity index (χ4v) is 3.06. The van der Waals surface area contributed by atoms with Gasteiger partial charge in [-0.25, -0.2) is 4.98 Å². The van der Waals surface area contributed by atoms with Crippen molar-refractivity contribution in [3.05, 3.63) is 10.6 Å². The van der Waals surface area contributed by atoms with Crippen LogP contribution in [0.3, 0.4) is 0 Å². The van der Waals surface area contributed by atoms with Crippen LogP contribution >= 0.6 is 11.3 Å². The van der Waals surface area contributed by atoms with Crippen molar-refractivity contribution in [1.29, 1.82) is 5.26 Å². The van der Waals surface area contributed by atoms with Crippen LogP contribution in [-0.2, 0) is 11.2 Å². The van der Waals surface area contributed by atoms with E-state index in [-0.39, 0.29) is 0 Å². The summed E-state index contributed by atoms with van der Waals surface area (Å²) in [4.78, 5) is 18.4. The Morgan fingerprint density at radius 1 is 1.76 bits per heavy atom. The van der Waals surface area contributed by atoms with Crippen molar-refractivity contribution in [2.24, 2.45) is 0 Å². The Morgan fingerprint density at radius 2 is 2.53 bits per heavy atom. The lowest BCUT2D eigenvalue weighted by atomic mass is 10.1. The Balaban J connectivity index is 2.16. The van der Waals surface area contributed by atoms with Crippen LogP contribution in [0, 0.1) is 11.3 Å². The van der Waals surface area contributed by atoms with E-state index >= 15 is 0 Å². The molecule has 1 aromatic heterocycles. The van der Waals surface area contributed by atoms with Crippen molar-refractivity contribution < 1.29 is 9.90 Å². The summed E-state index contributed by atoms with van der Waals surface area (Å²) in [5.74, 6) is -1.24. The van der Waals surface area contributed by atoms with E-state index in [1.807, 2.05) is 11.9 Å². The molecule has 1 aromatic rings. The highest BCUT2D eigenvalue weighted by molar-refractivity contribution is 7.15. The van der Waals surface area contributed by atoms with Gasteiger partial charge in [0, 0.05) is 18.5 Å². The molecule has 0 amide bonds. The van der Waals surface area contributed by atoms with Gasteiger partial charge in [-0.15, -0.1) is 11.3 Å². The monoisotopic (exact) mass is 251 g/mol. The number of hydrogen-bond donors (Lipinski definition) is 1. The zero-order valence-corrected chi connectivity index (χ0v) is 10.3. The number of carboxylic acids is 1. The minimum absolute atomic E-state index is 0.445. The third kappa shape index (κ3) is 2.24. The fraction of sp³-hybridized carbons (Fsp3) is 0.545. The molecule has 1 N–H and O–H groups in total. The van der Waals surface area contributed by atoms with E-state index < -0.39 is 11.9 Å². The van der Waals surface area contributed by atoms with Gasteiger partial charge in [-0.1, -0.05) is 0 Å². The summed E-state index contributed by atoms with van der Waals surface area (Å²) in [6.07, 6.45) is 1.91. The normalized spacial score (nSPS) is 17.5. The van der Waals surface area contributed by atoms with Crippen LogP contribution < -0.4 is 4.90 Å². The van der Waals surface area contributed by atoms with Crippen LogP contribution in [0.4, 0.5) is 5.13 Å². The molecule has 90 valence electrons. The minimum Gasteiger partial charge on any atom is -0.481 e. The predicted molar refractivity (Wildman–Crippen MR) is 64.3 cm³/mol. The van der Waals surface area contributed by atoms with Crippen LogP contribution in [0.15, 0.2) is 0 Å². The highest BCUT2D eigenvalue weighted by Crippen LogP contribution is 2.39. The van der Waals surface area contributed by atoms with Crippen LogP contribution in [0.5, 0.6) is 0 Å². The number of carbonyl (C=O) groups is 1. The van der Waals surface area contributed by atoms with Gasteiger partial charge in [-0.3, -0.25) is 4.79 Å². The molecule has 0 saturated carbocycles. The number of fused-ring (bicyclic) bond motifs is 1. The molecule has 1 aliphatic rings. The van der Waals surface area contributed by atoms with Crippen LogP contribution in [0.2, 0.25) is 0 Å². The lowest BCUT2D eigenvalue weighted by Crippen LogP contribution is -2.18. The summed E-state index contributed by atoms with van der Waals surface area (Å²) in [7, 11) is 1.88. The number of aliphatic carboxylic acids is 1. The molecule has 0 aromatic carbocycles. The molecule has 1 heterocycles. The van der Waals surface area contributed by atoms with Gasteiger partial charge < -0.3 is 10.0 Å². The van der Waals surface area contributed by atoms with Crippen LogP contribution in [0.25, 0.3) is 0 Å². The highest BCUT2D eigenvalue weighted by atomic mass is 32.1. The molecule has 0 bridgehead atoms. The third-order valence-corrected chi connectivity index (χ3v) is 4.14. The SMILES string of the molecule is CN(CCC#N)c1nc2c(s1)CCC2C(=O)O. The Labute approximate surface area is 103 Å². The maximum Gasteiger partial charge on any atom is 0.312 e. The standard InChI is InChI=1S/C11H13N3O2S/c1-14(6-2-5-12)11-13-9-7(10(15)16)3-4-8(9)17-11/h7H,2-4,6H2,1H3,(H,15,16). The number of nitriles is 1. The second-order valence-electron chi connectivity index (χ2n) is 4.06. The fourth-order valence-electron chi connectivity index (χ4n) is 1.93. The number of anilines is 1. The Kier molecular flexibility index (Phi) is 3.29. The Morgan fingerprint density at radius 3 is 3.18 bits per heavy atom. The van der Waals surface area contributed by atoms with Gasteiger partial charge in [-0.05, 0) is 12.8 Å². The summed E-state index contributed by atoms with van der Waals surface area (Å²) >= 11 is 1.54. The van der Waals surface area contributed by atoms with Crippen molar-refractivity contribution in [3.63, 3.8) is 0 Å². The maximum atomic E-state index is 11.0. The van der Waals surface area contributed by atoms with Crippen molar-refractivity contribution in [1.82, 2.24) is 4.98 Å². The smallest absolute Gasteiger partial charge is 0.312 e. The lowest BCUT2D eigenvalue weighted by molar-refractivity contribution is -0.138. The van der Waals surface area contributed by atoms with Gasteiger partial charge in [0.1, 0.15) is 5.92 Å². The van der Waals surface area contributed by atoms with E-state index in [1.54, 1.807) is 11.3 Å². The molecular weight excluding hydrogens is 238 g/mol. The van der Waals surface area contributed by atoms with Gasteiger partial charge in [0.25, 0.3) is 0 Å². The van der Waals surface area contributed by atoms with Gasteiger partial charge in [0.15, 0.2) is 5.13 Å². The van der Waals surface area contributed by atoms with Gasteiger partial charge in [0.05, 0.1) is 18.2 Å². The molecule has 1 unspecified atom stereocenters. The van der Waals surface area contributed by atoms with E-state index in [0.29, 0.717) is 19.4 Å². The van der Waals surface area contributed by atoms with Crippen LogP contribution in [-0.4, -0.2) is 29.7 Å². The topological polar surface area (TPSA) is 77.2 Å². The number of nitrogens with zero attached hydrogens (tertiary/aromatic N) is 3. The molecule has 0 radical (unpaired) electrons. The quantitative estimate of drug-likeness (QED) is 0.879. The summed E-state index contributed by atoms with van der Waals surface area (Å²) in [5, 5.41) is 18.4. The van der Waals surface area contributed by atoms with Crippen molar-refractivity contribution in [2.45, 2.75) is 25.2 Å². The summed E-state index contributed by atoms with van der Waals surface area (Å²) < 4.78 is 0. The second-order valence-corrected chi connectivity index (χ2v) is 5.13. The van der Waals surface area contributed by atoms with E-state index in [1.165, 1.54) is 0 Å². The molecule has 1 atom stereocenters. The molecule has 2 rings (SSSR count). The predicted octanol–water partition coefficient (Wildman–Crippen LogP) is 1.61. The number of rotatable bonds is 4. The van der Waals surface area contributed by atoms with Gasteiger partial charge >= 0.3 is 5.97 Å². The highest BCUT2D eigenvalue weighted by Gasteiger charge is 2.32. The third-order valence-electron chi connectivity index (χ3n) is 2.89. The lowest BCUT2D eigenvalue weighted by Gasteiger charge is -2.13. The Bertz CT molecular complexity index is 478. The summed E-state index contributed by atoms with van der Waals surface area (Å²) in [5.41, 5.74) is 0.723. The van der Waals surface area contributed by atoms with Crippen molar-refractivity contribution >= 4 is 22.4 Å². The first-order chi connectivity index (χ1) is 8.13. The largest absolute Gasteiger partial charge is 0.481 e. The summed E-state index contributed by atoms with van der Waals surface area (Å²) in [6, 6.07) is 2.09. The van der Waals surface area contributed by atoms with E-state index in [4.69, 9.17) is 10.4 Å². The molecule has 0 aliphatic heterocycles. The minimum atomic E-state index is -0.791. The molecular formula is C11H13N3O2S. The maximum absolute atomic E-state index is 11.0. The van der Waals surface area contributed by atoms with E-state index in [9.17, 15) is 4.79 Å². The molecule has 0 fully saturated rings. The molecule has 6 heteroatoms. The van der Waals surface area contributed by atoms with Crippen molar-refractivity contribution in [3.8, 4) is 6.07 Å². The number of thiazole rings is 1. The number of hydrogen-bond acceptors (Lipinski definition) is 5. The molecule has 5 nitrogen and oxygen atoms in total. The molecule has 0 spiro atoms. The molecule has 1 aliphatic carbocycles. The number of aromatic nitrogens is 1.